The third-order valence-corrected chi connectivity index (χ3v) is 11.1. The number of allylic oxidation sites excluding steroid dienone is 1. The molecule has 0 unspecified atom stereocenters. The zero-order valence-corrected chi connectivity index (χ0v) is 32.9. The van der Waals surface area contributed by atoms with Crippen molar-refractivity contribution >= 4 is 29.6 Å². The first-order chi connectivity index (χ1) is 27.2. The molecule has 0 spiro atoms. The average Bonchev–Trinajstić information content (AvgIpc) is 3.61. The summed E-state index contributed by atoms with van der Waals surface area (Å²) in [4.78, 5) is 41.1. The highest BCUT2D eigenvalue weighted by Gasteiger charge is 2.54. The van der Waals surface area contributed by atoms with E-state index < -0.39 is 24.1 Å². The maximum atomic E-state index is 13.5. The lowest BCUT2D eigenvalue weighted by molar-refractivity contribution is -0.176. The van der Waals surface area contributed by atoms with Crippen molar-refractivity contribution in [2.24, 2.45) is 17.8 Å². The van der Waals surface area contributed by atoms with Gasteiger partial charge in [0.25, 0.3) is 0 Å². The van der Waals surface area contributed by atoms with Gasteiger partial charge in [0.05, 0.1) is 53.1 Å². The number of fused-ring (bicyclic) bond motifs is 6. The molecule has 3 heterocycles. The van der Waals surface area contributed by atoms with E-state index in [1.54, 1.807) is 38.5 Å². The van der Waals surface area contributed by atoms with E-state index in [2.05, 4.69) is 22.5 Å². The molecule has 13 heteroatoms. The van der Waals surface area contributed by atoms with Gasteiger partial charge in [-0.2, -0.15) is 0 Å². The standard InChI is InChI=1S/C33H40N2O9.C9H10O.CH2O/c1-38-19-7-8-20-21-9-10-35-16-18-13-27(44-32(36)17-11-25(39-2)30(41-4)26(12-17)40-3)31(42-5)28(33(37)43-6)22(18)15-24(35)29(21)34-23(20)14-19;1-2-5-8-6-3-4-7-9(8)10;1-2/h7-8,11-12,14,18,22,24,27-28,31,34H,9-10,13,15-16H2,1-6H3;2-4,6-7,10H,1,5H2;1H2/t18-,22+,24-,27-,28+,31+;;/m1../s1. The number of aromatic nitrogens is 1. The molecule has 1 aliphatic carbocycles. The van der Waals surface area contributed by atoms with E-state index in [1.807, 2.05) is 37.1 Å². The van der Waals surface area contributed by atoms with Gasteiger partial charge in [0.1, 0.15) is 30.5 Å². The third-order valence-electron chi connectivity index (χ3n) is 11.1. The number of esters is 2. The first kappa shape index (κ1) is 41.6. The molecule has 1 aromatic heterocycles. The van der Waals surface area contributed by atoms with Crippen LogP contribution < -0.4 is 18.9 Å². The van der Waals surface area contributed by atoms with E-state index in [0.29, 0.717) is 29.4 Å². The predicted molar refractivity (Wildman–Crippen MR) is 210 cm³/mol. The van der Waals surface area contributed by atoms with Crippen LogP contribution in [0.1, 0.15) is 46.1 Å². The monoisotopic (exact) mass is 772 g/mol. The summed E-state index contributed by atoms with van der Waals surface area (Å²) in [6.45, 7) is 7.27. The number of nitrogens with zero attached hydrogens (tertiary/aromatic N) is 1. The maximum Gasteiger partial charge on any atom is 0.338 e. The first-order valence-electron chi connectivity index (χ1n) is 18.4. The molecule has 13 nitrogen and oxygen atoms in total. The van der Waals surface area contributed by atoms with E-state index in [1.165, 1.54) is 45.1 Å². The second-order valence-corrected chi connectivity index (χ2v) is 13.8. The van der Waals surface area contributed by atoms with Crippen LogP contribution in [-0.2, 0) is 36.6 Å². The van der Waals surface area contributed by atoms with Gasteiger partial charge in [-0.05, 0) is 79.0 Å². The van der Waals surface area contributed by atoms with E-state index in [0.717, 1.165) is 49.2 Å². The Kier molecular flexibility index (Phi) is 14.0. The summed E-state index contributed by atoms with van der Waals surface area (Å²) < 4.78 is 39.1. The Labute approximate surface area is 327 Å². The number of piperidine rings is 1. The van der Waals surface area contributed by atoms with Crippen molar-refractivity contribution in [3.8, 4) is 28.7 Å². The Morgan fingerprint density at radius 1 is 0.929 bits per heavy atom. The van der Waals surface area contributed by atoms with Gasteiger partial charge in [0.2, 0.25) is 5.75 Å². The zero-order valence-electron chi connectivity index (χ0n) is 32.9. The van der Waals surface area contributed by atoms with Gasteiger partial charge < -0.3 is 48.0 Å². The Hall–Kier alpha value is -5.53. The zero-order chi connectivity index (χ0) is 40.5. The number of rotatable bonds is 10. The Balaban J connectivity index is 0.000000432. The van der Waals surface area contributed by atoms with Gasteiger partial charge in [-0.25, -0.2) is 4.79 Å². The second-order valence-electron chi connectivity index (χ2n) is 13.8. The van der Waals surface area contributed by atoms with Crippen LogP contribution in [0.2, 0.25) is 0 Å². The molecular formula is C43H52N2O11. The minimum atomic E-state index is -0.670. The number of ether oxygens (including phenoxy) is 7. The van der Waals surface area contributed by atoms with Gasteiger partial charge in [0.15, 0.2) is 11.5 Å². The van der Waals surface area contributed by atoms with Gasteiger partial charge in [-0.3, -0.25) is 9.69 Å². The summed E-state index contributed by atoms with van der Waals surface area (Å²) in [6.07, 6.45) is 3.42. The van der Waals surface area contributed by atoms with Crippen LogP contribution in [-0.4, -0.2) is 102 Å². The molecule has 0 radical (unpaired) electrons. The number of carbonyl (C=O) groups excluding carboxylic acids is 3. The SMILES string of the molecule is C=CCc1ccccc1O.C=O.COC(=O)[C@H]1[C@H]2C[C@@H]3c4[nH]c5cc(OC)ccc5c4CCN3C[C@H]2C[C@@H](OC(=O)c2cc(OC)c(OC)c(OC)c2)[C@@H]1OC. The molecule has 6 atom stereocenters. The van der Waals surface area contributed by atoms with Crippen LogP contribution in [0.4, 0.5) is 0 Å². The molecule has 1 saturated carbocycles. The molecule has 2 aliphatic heterocycles. The highest BCUT2D eigenvalue weighted by Crippen LogP contribution is 2.51. The first-order valence-corrected chi connectivity index (χ1v) is 18.4. The summed E-state index contributed by atoms with van der Waals surface area (Å²) in [5.74, 6) is 0.790. The van der Waals surface area contributed by atoms with E-state index in [-0.39, 0.29) is 29.4 Å². The molecule has 56 heavy (non-hydrogen) atoms. The molecule has 0 amide bonds. The van der Waals surface area contributed by atoms with E-state index in [4.69, 9.17) is 38.0 Å². The minimum absolute atomic E-state index is 0.0170. The molecule has 0 bridgehead atoms. The van der Waals surface area contributed by atoms with Gasteiger partial charge in [-0.1, -0.05) is 24.3 Å². The number of H-pyrrole nitrogens is 1. The number of benzene rings is 3. The van der Waals surface area contributed by atoms with Crippen LogP contribution >= 0.6 is 0 Å². The molecule has 4 aromatic rings. The number of para-hydroxylation sites is 1. The highest BCUT2D eigenvalue weighted by molar-refractivity contribution is 5.91. The maximum absolute atomic E-state index is 13.5. The summed E-state index contributed by atoms with van der Waals surface area (Å²) >= 11 is 0. The van der Waals surface area contributed by atoms with Crippen LogP contribution in [0, 0.1) is 17.8 Å². The summed E-state index contributed by atoms with van der Waals surface area (Å²) in [6, 6.07) is 16.7. The number of methoxy groups -OCH3 is 6. The lowest BCUT2D eigenvalue weighted by atomic mass is 9.63. The Morgan fingerprint density at radius 2 is 1.64 bits per heavy atom. The molecule has 2 N–H and O–H groups in total. The molecule has 3 aromatic carbocycles. The number of nitrogens with one attached hydrogen (secondary N) is 1. The normalized spacial score (nSPS) is 22.2. The van der Waals surface area contributed by atoms with Crippen molar-refractivity contribution in [2.75, 3.05) is 55.7 Å². The second kappa shape index (κ2) is 18.9. The summed E-state index contributed by atoms with van der Waals surface area (Å²) in [5.41, 5.74) is 4.76. The van der Waals surface area contributed by atoms with Crippen molar-refractivity contribution in [1.82, 2.24) is 9.88 Å². The Bertz CT molecular complexity index is 1970. The van der Waals surface area contributed by atoms with Crippen molar-refractivity contribution in [3.63, 3.8) is 0 Å². The molecular weight excluding hydrogens is 720 g/mol. The van der Waals surface area contributed by atoms with Gasteiger partial charge in [0, 0.05) is 42.9 Å². The van der Waals surface area contributed by atoms with Crippen LogP contribution in [0.25, 0.3) is 10.9 Å². The minimum Gasteiger partial charge on any atom is -0.508 e. The molecule has 2 fully saturated rings. The molecule has 300 valence electrons. The fraction of sp³-hybridized carbons (Fsp3) is 0.419. The average molecular weight is 773 g/mol. The third kappa shape index (κ3) is 8.34. The van der Waals surface area contributed by atoms with Crippen molar-refractivity contribution in [1.29, 1.82) is 0 Å². The number of phenolic OH excluding ortho intramolecular Hbond substituents is 1. The van der Waals surface area contributed by atoms with Crippen molar-refractivity contribution in [3.05, 3.63) is 89.6 Å². The number of hydrogen-bond donors (Lipinski definition) is 2. The number of aromatic amines is 1. The van der Waals surface area contributed by atoms with Crippen LogP contribution in [0.15, 0.2) is 67.3 Å². The lowest BCUT2D eigenvalue weighted by Crippen LogP contribution is -2.58. The van der Waals surface area contributed by atoms with Crippen molar-refractivity contribution in [2.45, 2.75) is 43.9 Å². The topological polar surface area (TPSA) is 155 Å². The smallest absolute Gasteiger partial charge is 0.338 e. The highest BCUT2D eigenvalue weighted by atomic mass is 16.6. The summed E-state index contributed by atoms with van der Waals surface area (Å²) in [7, 11) is 9.10. The van der Waals surface area contributed by atoms with Crippen LogP contribution in [0.5, 0.6) is 28.7 Å². The molecule has 3 aliphatic rings. The van der Waals surface area contributed by atoms with Gasteiger partial charge >= 0.3 is 11.9 Å². The molecule has 7 rings (SSSR count). The van der Waals surface area contributed by atoms with Gasteiger partial charge in [-0.15, -0.1) is 6.58 Å². The Morgan fingerprint density at radius 3 is 2.25 bits per heavy atom. The largest absolute Gasteiger partial charge is 0.508 e. The van der Waals surface area contributed by atoms with Crippen LogP contribution in [0.3, 0.4) is 0 Å². The fourth-order valence-electron chi connectivity index (χ4n) is 8.60. The number of aromatic hydroxyl groups is 1. The van der Waals surface area contributed by atoms with E-state index in [9.17, 15) is 14.7 Å². The predicted octanol–water partition coefficient (Wildman–Crippen LogP) is 6.11. The fourth-order valence-corrected chi connectivity index (χ4v) is 8.60. The lowest BCUT2D eigenvalue weighted by Gasteiger charge is -2.52. The summed E-state index contributed by atoms with van der Waals surface area (Å²) in [5, 5.41) is 10.4. The number of carbonyl (C=O) groups is 3. The number of phenols is 1. The van der Waals surface area contributed by atoms with Crippen molar-refractivity contribution < 1.29 is 52.6 Å². The molecule has 1 saturated heterocycles. The number of hydrogen-bond acceptors (Lipinski definition) is 12. The quantitative estimate of drug-likeness (QED) is 0.141. The van der Waals surface area contributed by atoms with E-state index >= 15 is 0 Å².